The van der Waals surface area contributed by atoms with Crippen molar-refractivity contribution in [2.24, 2.45) is 0 Å². The van der Waals surface area contributed by atoms with Crippen LogP contribution in [0.2, 0.25) is 0 Å². The molecule has 0 saturated carbocycles. The van der Waals surface area contributed by atoms with Crippen LogP contribution < -0.4 is 18.9 Å². The van der Waals surface area contributed by atoms with E-state index in [1.54, 1.807) is 57.3 Å². The summed E-state index contributed by atoms with van der Waals surface area (Å²) in [6.07, 6.45) is 0. The summed E-state index contributed by atoms with van der Waals surface area (Å²) in [5.74, 6) is -5.07. The molecule has 0 radical (unpaired) electrons. The van der Waals surface area contributed by atoms with Gasteiger partial charge in [-0.1, -0.05) is 0 Å². The van der Waals surface area contributed by atoms with Crippen LogP contribution in [-0.2, 0) is 10.1 Å². The average Bonchev–Trinajstić information content (AvgIpc) is 2.95. The van der Waals surface area contributed by atoms with Crippen LogP contribution in [0.4, 0.5) is 0 Å². The highest BCUT2D eigenvalue weighted by molar-refractivity contribution is 14.1. The second kappa shape index (κ2) is 15.9. The van der Waals surface area contributed by atoms with Crippen LogP contribution in [0, 0.1) is 21.4 Å². The maximum Gasteiger partial charge on any atom is 0.347 e. The summed E-state index contributed by atoms with van der Waals surface area (Å²) in [5.41, 5.74) is -0.721. The van der Waals surface area contributed by atoms with Crippen molar-refractivity contribution in [1.82, 2.24) is 0 Å². The number of carbonyl (C=O) groups is 3. The molecule has 0 fully saturated rings. The van der Waals surface area contributed by atoms with Crippen molar-refractivity contribution >= 4 is 164 Å². The maximum absolute atomic E-state index is 13.4. The van der Waals surface area contributed by atoms with Crippen molar-refractivity contribution in [3.05, 3.63) is 86.6 Å². The Morgan fingerprint density at radius 2 is 1.06 bits per heavy atom. The SMILES string of the molecule is COc1c(OC(=O)c2cc(I)cc(I)c2O)cc(C(=O)Oc2cc(I)c(S(=O)(=O)[O-])c(I)c2)cc1OC(=O)c1cc(I)cc(I)c1O. The number of aromatic hydroxyl groups is 2. The lowest BCUT2D eigenvalue weighted by atomic mass is 10.1. The van der Waals surface area contributed by atoms with Gasteiger partial charge in [-0.15, -0.1) is 0 Å². The fraction of sp³-hybridized carbons (Fsp3) is 0.0357. The Bertz CT molecular complexity index is 1970. The van der Waals surface area contributed by atoms with E-state index in [2.05, 4.69) is 0 Å². The van der Waals surface area contributed by atoms with Gasteiger partial charge in [-0.25, -0.2) is 22.8 Å². The Morgan fingerprint density at radius 3 is 1.45 bits per heavy atom. The number of methoxy groups -OCH3 is 1. The molecule has 0 aliphatic heterocycles. The zero-order chi connectivity index (χ0) is 35.0. The molecule has 0 aliphatic rings. The minimum atomic E-state index is -4.82. The van der Waals surface area contributed by atoms with Gasteiger partial charge in [0, 0.05) is 14.3 Å². The number of hydrogen-bond acceptors (Lipinski definition) is 12. The molecule has 47 heavy (non-hydrogen) atoms. The van der Waals surface area contributed by atoms with Gasteiger partial charge >= 0.3 is 17.9 Å². The number of hydrogen-bond donors (Lipinski definition) is 2. The number of esters is 3. The van der Waals surface area contributed by atoms with E-state index in [-0.39, 0.29) is 46.8 Å². The molecule has 4 aromatic rings. The number of benzene rings is 4. The molecule has 0 aliphatic carbocycles. The molecule has 0 spiro atoms. The lowest BCUT2D eigenvalue weighted by molar-refractivity contribution is 0.0696. The highest BCUT2D eigenvalue weighted by Gasteiger charge is 2.27. The van der Waals surface area contributed by atoms with E-state index in [0.717, 1.165) is 12.1 Å². The van der Waals surface area contributed by atoms with E-state index in [9.17, 15) is 37.6 Å². The quantitative estimate of drug-likeness (QED) is 0.0778. The molecule has 0 unspecified atom stereocenters. The molecule has 0 atom stereocenters. The zero-order valence-corrected chi connectivity index (χ0v) is 36.5. The molecule has 0 aromatic heterocycles. The zero-order valence-electron chi connectivity index (χ0n) is 22.8. The third-order valence-corrected chi connectivity index (χ3v) is 12.1. The van der Waals surface area contributed by atoms with E-state index in [4.69, 9.17) is 18.9 Å². The van der Waals surface area contributed by atoms with Crippen molar-refractivity contribution in [1.29, 1.82) is 0 Å². The monoisotopic (exact) mass is 1330 g/mol. The third kappa shape index (κ3) is 9.21. The first-order valence-corrected chi connectivity index (χ1v) is 20.0. The van der Waals surface area contributed by atoms with Gasteiger partial charge in [-0.05, 0) is 184 Å². The van der Waals surface area contributed by atoms with Crippen molar-refractivity contribution in [2.75, 3.05) is 7.11 Å². The predicted molar refractivity (Wildman–Crippen MR) is 215 cm³/mol. The van der Waals surface area contributed by atoms with Crippen LogP contribution in [0.3, 0.4) is 0 Å². The summed E-state index contributed by atoms with van der Waals surface area (Å²) in [6, 6.07) is 10.5. The van der Waals surface area contributed by atoms with Crippen LogP contribution in [0.25, 0.3) is 0 Å². The van der Waals surface area contributed by atoms with E-state index < -0.39 is 44.4 Å². The Hall–Kier alpha value is -1.02. The molecular weight excluding hydrogens is 1320 g/mol. The minimum absolute atomic E-state index is 0.00476. The van der Waals surface area contributed by atoms with Crippen LogP contribution in [0.15, 0.2) is 53.4 Å². The maximum atomic E-state index is 13.4. The molecular formula is C28H13I6O12S-. The molecule has 4 rings (SSSR count). The molecule has 4 aromatic carbocycles. The van der Waals surface area contributed by atoms with E-state index >= 15 is 0 Å². The van der Waals surface area contributed by atoms with Crippen molar-refractivity contribution < 1.29 is 56.5 Å². The second-order valence-electron chi connectivity index (χ2n) is 8.91. The molecule has 0 heterocycles. The number of ether oxygens (including phenoxy) is 4. The van der Waals surface area contributed by atoms with Gasteiger partial charge in [0.15, 0.2) is 11.5 Å². The summed E-state index contributed by atoms with van der Waals surface area (Å²) in [6.45, 7) is 0. The Balaban J connectivity index is 1.82. The Labute approximate surface area is 348 Å². The van der Waals surface area contributed by atoms with Gasteiger partial charge in [0.25, 0.3) is 0 Å². The highest BCUT2D eigenvalue weighted by Crippen LogP contribution is 2.41. The molecule has 19 heteroatoms. The van der Waals surface area contributed by atoms with Crippen LogP contribution in [0.5, 0.6) is 34.5 Å². The molecule has 12 nitrogen and oxygen atoms in total. The largest absolute Gasteiger partial charge is 0.744 e. The first kappa shape index (κ1) is 38.8. The van der Waals surface area contributed by atoms with Gasteiger partial charge in [-0.3, -0.25) is 0 Å². The van der Waals surface area contributed by atoms with Crippen molar-refractivity contribution in [3.63, 3.8) is 0 Å². The summed E-state index contributed by atoms with van der Waals surface area (Å²) in [7, 11) is -3.63. The Morgan fingerprint density at radius 1 is 0.638 bits per heavy atom. The predicted octanol–water partition coefficient (Wildman–Crippen LogP) is 7.30. The molecule has 2 N–H and O–H groups in total. The van der Waals surface area contributed by atoms with E-state index in [1.807, 2.05) is 90.4 Å². The fourth-order valence-electron chi connectivity index (χ4n) is 3.80. The van der Waals surface area contributed by atoms with Crippen molar-refractivity contribution in [3.8, 4) is 34.5 Å². The highest BCUT2D eigenvalue weighted by atomic mass is 127. The first-order chi connectivity index (χ1) is 21.9. The van der Waals surface area contributed by atoms with Crippen LogP contribution in [-0.4, -0.2) is 48.2 Å². The van der Waals surface area contributed by atoms with E-state index in [0.29, 0.717) is 14.3 Å². The normalized spacial score (nSPS) is 11.1. The average molecular weight is 1330 g/mol. The van der Waals surface area contributed by atoms with Gasteiger partial charge in [0.1, 0.15) is 38.5 Å². The fourth-order valence-corrected chi connectivity index (χ4v) is 11.4. The lowest BCUT2D eigenvalue weighted by Gasteiger charge is -2.17. The summed E-state index contributed by atoms with van der Waals surface area (Å²) in [4.78, 5) is 39.5. The number of rotatable bonds is 8. The van der Waals surface area contributed by atoms with Crippen LogP contribution in [0.1, 0.15) is 31.1 Å². The third-order valence-electron chi connectivity index (χ3n) is 5.79. The Kier molecular flexibility index (Phi) is 13.1. The van der Waals surface area contributed by atoms with Gasteiger partial charge in [-0.2, -0.15) is 0 Å². The topological polar surface area (TPSA) is 186 Å². The molecule has 0 saturated heterocycles. The van der Waals surface area contributed by atoms with Gasteiger partial charge < -0.3 is 33.7 Å². The number of phenols is 2. The minimum Gasteiger partial charge on any atom is -0.744 e. The standard InChI is InChI=1S/C28H14I6O12S/c1-43-24-20(45-27(38)14-4-11(29)6-16(31)22(14)35)2-10(3-21(24)46-28(39)15-5-12(30)7-17(32)23(15)36)26(37)44-13-8-18(33)25(19(34)9-13)47(40,41)42/h2-9,35-36H,1H3,(H,40,41,42)/p-1. The van der Waals surface area contributed by atoms with Crippen LogP contribution >= 0.6 is 136 Å². The molecule has 246 valence electrons. The molecule has 0 bridgehead atoms. The second-order valence-corrected chi connectivity index (χ2v) is 17.4. The van der Waals surface area contributed by atoms with Gasteiger partial charge in [0.2, 0.25) is 5.75 Å². The van der Waals surface area contributed by atoms with E-state index in [1.165, 1.54) is 31.4 Å². The lowest BCUT2D eigenvalue weighted by Crippen LogP contribution is -2.15. The van der Waals surface area contributed by atoms with Gasteiger partial charge in [0.05, 0.1) is 24.7 Å². The molecule has 0 amide bonds. The van der Waals surface area contributed by atoms with Crippen molar-refractivity contribution in [2.45, 2.75) is 4.90 Å². The number of phenolic OH excluding ortho intramolecular Hbond substituents is 2. The number of carbonyl (C=O) groups excluding carboxylic acids is 3. The summed E-state index contributed by atoms with van der Waals surface area (Å²) < 4.78 is 58.9. The smallest absolute Gasteiger partial charge is 0.347 e. The number of halogens is 6. The first-order valence-electron chi connectivity index (χ1n) is 12.1. The summed E-state index contributed by atoms with van der Waals surface area (Å²) in [5, 5.41) is 21.0. The summed E-state index contributed by atoms with van der Waals surface area (Å²) >= 11 is 10.8.